The van der Waals surface area contributed by atoms with Crippen LogP contribution in [-0.2, 0) is 10.8 Å². The molecule has 0 aromatic heterocycles. The van der Waals surface area contributed by atoms with Crippen LogP contribution in [0.1, 0.15) is 0 Å². The molecule has 0 aliphatic carbocycles. The molecule has 17 heavy (non-hydrogen) atoms. The summed E-state index contributed by atoms with van der Waals surface area (Å²) in [4.78, 5) is 0.737. The quantitative estimate of drug-likeness (QED) is 0.671. The van der Waals surface area contributed by atoms with E-state index in [2.05, 4.69) is 31.1 Å². The Morgan fingerprint density at radius 3 is 2.41 bits per heavy atom. The fourth-order valence-corrected chi connectivity index (χ4v) is 2.78. The fraction of sp³-hybridized carbons (Fsp3) is 0.385. The van der Waals surface area contributed by atoms with E-state index in [1.807, 2.05) is 18.2 Å². The van der Waals surface area contributed by atoms with Gasteiger partial charge in [-0.1, -0.05) is 43.8 Å². The summed E-state index contributed by atoms with van der Waals surface area (Å²) in [5.41, 5.74) is 3.08. The normalized spacial score (nSPS) is 14.6. The van der Waals surface area contributed by atoms with E-state index < -0.39 is 25.0 Å². The number of benzene rings is 1. The van der Waals surface area contributed by atoms with Gasteiger partial charge in [0.25, 0.3) is 0 Å². The molecule has 0 saturated carbocycles. The van der Waals surface area contributed by atoms with Gasteiger partial charge in [0.2, 0.25) is 0 Å². The lowest BCUT2D eigenvalue weighted by Crippen LogP contribution is -2.20. The van der Waals surface area contributed by atoms with Crippen molar-refractivity contribution in [3.63, 3.8) is 0 Å². The summed E-state index contributed by atoms with van der Waals surface area (Å²) in [6.07, 6.45) is -0.803. The van der Waals surface area contributed by atoms with Crippen LogP contribution in [0.15, 0.2) is 35.2 Å². The van der Waals surface area contributed by atoms with Crippen LogP contribution in [0.3, 0.4) is 0 Å². The monoisotopic (exact) mass is 266 g/mol. The second-order valence-corrected chi connectivity index (χ2v) is 11.1. The Morgan fingerprint density at radius 1 is 1.29 bits per heavy atom. The minimum atomic E-state index is -1.47. The van der Waals surface area contributed by atoms with Gasteiger partial charge in [0.15, 0.2) is 0 Å². The predicted octanol–water partition coefficient (Wildman–Crippen LogP) is 2.04. The number of hydrogen-bond donors (Lipinski definition) is 1. The van der Waals surface area contributed by atoms with Gasteiger partial charge in [-0.3, -0.25) is 4.21 Å². The molecule has 0 aliphatic heterocycles. The van der Waals surface area contributed by atoms with Crippen LogP contribution in [-0.4, -0.2) is 29.2 Å². The summed E-state index contributed by atoms with van der Waals surface area (Å²) < 4.78 is 11.9. The van der Waals surface area contributed by atoms with Crippen LogP contribution in [0.5, 0.6) is 0 Å². The zero-order chi connectivity index (χ0) is 12.9. The van der Waals surface area contributed by atoms with E-state index in [4.69, 9.17) is 0 Å². The van der Waals surface area contributed by atoms with Crippen molar-refractivity contribution in [3.8, 4) is 11.5 Å². The Hall–Kier alpha value is -0.893. The highest BCUT2D eigenvalue weighted by molar-refractivity contribution is 7.85. The molecule has 0 amide bonds. The molecule has 2 atom stereocenters. The molecule has 0 heterocycles. The fourth-order valence-electron chi connectivity index (χ4n) is 1.15. The van der Waals surface area contributed by atoms with Crippen LogP contribution < -0.4 is 0 Å². The van der Waals surface area contributed by atoms with Crippen LogP contribution in [0.2, 0.25) is 19.6 Å². The minimum Gasteiger partial charge on any atom is -0.379 e. The topological polar surface area (TPSA) is 37.3 Å². The first kappa shape index (κ1) is 14.2. The lowest BCUT2D eigenvalue weighted by Gasteiger charge is -2.07. The number of aliphatic hydroxyl groups is 1. The Morgan fingerprint density at radius 2 is 1.88 bits per heavy atom. The maximum Gasteiger partial charge on any atom is 0.129 e. The molecular formula is C13H18O2SSi. The van der Waals surface area contributed by atoms with E-state index in [0.29, 0.717) is 0 Å². The molecule has 0 fully saturated rings. The third-order valence-corrected chi connectivity index (χ3v) is 4.24. The Kier molecular flexibility index (Phi) is 5.13. The minimum absolute atomic E-state index is 0.182. The van der Waals surface area contributed by atoms with Crippen LogP contribution in [0, 0.1) is 11.5 Å². The highest BCUT2D eigenvalue weighted by Crippen LogP contribution is 2.06. The molecule has 92 valence electrons. The van der Waals surface area contributed by atoms with E-state index in [1.54, 1.807) is 12.1 Å². The highest BCUT2D eigenvalue weighted by Gasteiger charge is 2.11. The molecule has 1 rings (SSSR count). The average molecular weight is 266 g/mol. The SMILES string of the molecule is C[Si](C)(C)C#C[C@@H](O)C[S@@](=O)c1ccccc1. The molecule has 0 spiro atoms. The van der Waals surface area contributed by atoms with Crippen molar-refractivity contribution in [3.05, 3.63) is 30.3 Å². The lowest BCUT2D eigenvalue weighted by molar-refractivity contribution is 0.257. The third-order valence-electron chi connectivity index (χ3n) is 1.93. The van der Waals surface area contributed by atoms with Gasteiger partial charge >= 0.3 is 0 Å². The lowest BCUT2D eigenvalue weighted by atomic mass is 10.4. The average Bonchev–Trinajstić information content (AvgIpc) is 2.27. The molecule has 0 saturated heterocycles. The maximum absolute atomic E-state index is 11.9. The Bertz CT molecular complexity index is 440. The highest BCUT2D eigenvalue weighted by atomic mass is 32.2. The van der Waals surface area contributed by atoms with E-state index in [0.717, 1.165) is 4.90 Å². The molecule has 0 aliphatic rings. The smallest absolute Gasteiger partial charge is 0.129 e. The van der Waals surface area contributed by atoms with E-state index in [9.17, 15) is 9.32 Å². The van der Waals surface area contributed by atoms with Gasteiger partial charge in [-0.2, -0.15) is 0 Å². The molecule has 2 nitrogen and oxygen atoms in total. The van der Waals surface area contributed by atoms with Crippen molar-refractivity contribution < 1.29 is 9.32 Å². The van der Waals surface area contributed by atoms with E-state index >= 15 is 0 Å². The number of rotatable bonds is 3. The summed E-state index contributed by atoms with van der Waals surface area (Å²) in [6.45, 7) is 6.34. The van der Waals surface area contributed by atoms with Crippen molar-refractivity contribution in [2.24, 2.45) is 0 Å². The molecule has 1 aromatic carbocycles. The van der Waals surface area contributed by atoms with Gasteiger partial charge in [-0.15, -0.1) is 5.54 Å². The summed E-state index contributed by atoms with van der Waals surface area (Å²) >= 11 is 0. The predicted molar refractivity (Wildman–Crippen MR) is 74.8 cm³/mol. The molecule has 0 radical (unpaired) electrons. The van der Waals surface area contributed by atoms with E-state index in [-0.39, 0.29) is 5.75 Å². The number of aliphatic hydroxyl groups excluding tert-OH is 1. The molecule has 4 heteroatoms. The second kappa shape index (κ2) is 6.15. The summed E-state index contributed by atoms with van der Waals surface area (Å²) in [5.74, 6) is 2.98. The van der Waals surface area contributed by atoms with E-state index in [1.165, 1.54) is 0 Å². The van der Waals surface area contributed by atoms with Gasteiger partial charge in [0.1, 0.15) is 14.2 Å². The van der Waals surface area contributed by atoms with Crippen molar-refractivity contribution >= 4 is 18.9 Å². The van der Waals surface area contributed by atoms with Crippen LogP contribution >= 0.6 is 0 Å². The molecule has 0 bridgehead atoms. The summed E-state index contributed by atoms with van der Waals surface area (Å²) in [6, 6.07) is 9.16. The molecule has 0 unspecified atom stereocenters. The van der Waals surface area contributed by atoms with Gasteiger partial charge < -0.3 is 5.11 Å². The summed E-state index contributed by atoms with van der Waals surface area (Å²) in [5, 5.41) is 9.70. The first-order valence-corrected chi connectivity index (χ1v) is 10.3. The molecule has 1 N–H and O–H groups in total. The number of hydrogen-bond acceptors (Lipinski definition) is 2. The van der Waals surface area contributed by atoms with Gasteiger partial charge in [-0.25, -0.2) is 0 Å². The molecule has 1 aromatic rings. The Labute approximate surface area is 107 Å². The van der Waals surface area contributed by atoms with Gasteiger partial charge in [0.05, 0.1) is 16.6 Å². The molecular weight excluding hydrogens is 248 g/mol. The van der Waals surface area contributed by atoms with Crippen LogP contribution in [0.4, 0.5) is 0 Å². The van der Waals surface area contributed by atoms with Gasteiger partial charge in [-0.05, 0) is 12.1 Å². The van der Waals surface area contributed by atoms with Crippen molar-refractivity contribution in [2.45, 2.75) is 30.6 Å². The zero-order valence-electron chi connectivity index (χ0n) is 10.4. The van der Waals surface area contributed by atoms with Crippen molar-refractivity contribution in [1.82, 2.24) is 0 Å². The zero-order valence-corrected chi connectivity index (χ0v) is 12.3. The second-order valence-electron chi connectivity index (χ2n) is 4.86. The largest absolute Gasteiger partial charge is 0.379 e. The van der Waals surface area contributed by atoms with Crippen molar-refractivity contribution in [2.75, 3.05) is 5.75 Å². The Balaban J connectivity index is 2.61. The maximum atomic E-state index is 11.9. The third kappa shape index (κ3) is 5.83. The standard InChI is InChI=1S/C13H18O2SSi/c1-17(2,3)10-9-12(14)11-16(15)13-7-5-4-6-8-13/h4-8,12,14H,11H2,1-3H3/t12-,16-/m1/s1. The van der Waals surface area contributed by atoms with Crippen LogP contribution in [0.25, 0.3) is 0 Å². The first-order chi connectivity index (χ1) is 7.88. The van der Waals surface area contributed by atoms with Gasteiger partial charge in [0, 0.05) is 4.90 Å². The summed E-state index contributed by atoms with van der Waals surface area (Å²) in [7, 11) is -2.65. The first-order valence-electron chi connectivity index (χ1n) is 5.53. The van der Waals surface area contributed by atoms with Crippen molar-refractivity contribution in [1.29, 1.82) is 0 Å².